The molecule has 0 unspecified atom stereocenters. The number of benzene rings is 1. The molecule has 0 radical (unpaired) electrons. The van der Waals surface area contributed by atoms with E-state index in [0.29, 0.717) is 12.4 Å². The van der Waals surface area contributed by atoms with E-state index < -0.39 is 0 Å². The first-order chi connectivity index (χ1) is 11.8. The number of nitrogens with zero attached hydrogens (tertiary/aromatic N) is 4. The highest BCUT2D eigenvalue weighted by Gasteiger charge is 2.10. The number of anilines is 1. The van der Waals surface area contributed by atoms with Crippen LogP contribution in [0.15, 0.2) is 54.3 Å². The van der Waals surface area contributed by atoms with Gasteiger partial charge < -0.3 is 5.32 Å². The largest absolute Gasteiger partial charge is 0.364 e. The summed E-state index contributed by atoms with van der Waals surface area (Å²) in [5.41, 5.74) is 4.74. The molecule has 1 aromatic carbocycles. The molecule has 118 valence electrons. The highest BCUT2D eigenvalue weighted by Crippen LogP contribution is 2.25. The summed E-state index contributed by atoms with van der Waals surface area (Å²) in [4.78, 5) is 19.1. The van der Waals surface area contributed by atoms with Gasteiger partial charge in [0.05, 0.1) is 23.3 Å². The SMILES string of the molecule is Cc1ncsc1CNc1nc(-c2cccnc2)nc2ccccc12. The molecule has 0 saturated heterocycles. The number of nitrogens with one attached hydrogen (secondary N) is 1. The van der Waals surface area contributed by atoms with Crippen LogP contribution in [0.25, 0.3) is 22.3 Å². The van der Waals surface area contributed by atoms with Crippen LogP contribution in [0.1, 0.15) is 10.6 Å². The normalized spacial score (nSPS) is 10.9. The Morgan fingerprint density at radius 3 is 2.79 bits per heavy atom. The van der Waals surface area contributed by atoms with Gasteiger partial charge >= 0.3 is 0 Å². The third-order valence-electron chi connectivity index (χ3n) is 3.78. The molecule has 0 amide bonds. The first kappa shape index (κ1) is 14.7. The molecule has 3 aromatic heterocycles. The van der Waals surface area contributed by atoms with Gasteiger partial charge in [-0.2, -0.15) is 0 Å². The van der Waals surface area contributed by atoms with Crippen molar-refractivity contribution >= 4 is 28.1 Å². The zero-order chi connectivity index (χ0) is 16.4. The lowest BCUT2D eigenvalue weighted by Gasteiger charge is -2.10. The number of pyridine rings is 1. The van der Waals surface area contributed by atoms with Gasteiger partial charge in [-0.3, -0.25) is 4.98 Å². The molecule has 0 aliphatic heterocycles. The maximum Gasteiger partial charge on any atom is 0.163 e. The minimum atomic E-state index is 0.672. The summed E-state index contributed by atoms with van der Waals surface area (Å²) in [6.45, 7) is 2.72. The fourth-order valence-corrected chi connectivity index (χ4v) is 3.21. The van der Waals surface area contributed by atoms with Gasteiger partial charge in [0.25, 0.3) is 0 Å². The Labute approximate surface area is 143 Å². The standard InChI is InChI=1S/C18H15N5S/c1-12-16(24-11-21-12)10-20-18-14-6-2-3-7-15(14)22-17(23-18)13-5-4-8-19-9-13/h2-9,11H,10H2,1H3,(H,20,22,23). The van der Waals surface area contributed by atoms with Crippen LogP contribution >= 0.6 is 11.3 Å². The molecule has 3 heterocycles. The second kappa shape index (κ2) is 6.33. The lowest BCUT2D eigenvalue weighted by Crippen LogP contribution is -2.04. The summed E-state index contributed by atoms with van der Waals surface area (Å²) < 4.78 is 0. The van der Waals surface area contributed by atoms with Gasteiger partial charge in [-0.15, -0.1) is 11.3 Å². The third-order valence-corrected chi connectivity index (χ3v) is 4.72. The van der Waals surface area contributed by atoms with Gasteiger partial charge in [0.1, 0.15) is 5.82 Å². The van der Waals surface area contributed by atoms with E-state index in [1.807, 2.05) is 48.8 Å². The Kier molecular flexibility index (Phi) is 3.88. The zero-order valence-electron chi connectivity index (χ0n) is 13.1. The molecule has 0 aliphatic carbocycles. The Bertz CT molecular complexity index is 981. The third kappa shape index (κ3) is 2.83. The molecule has 4 rings (SSSR count). The number of rotatable bonds is 4. The minimum absolute atomic E-state index is 0.672. The maximum absolute atomic E-state index is 4.72. The van der Waals surface area contributed by atoms with Crippen molar-refractivity contribution in [1.82, 2.24) is 19.9 Å². The van der Waals surface area contributed by atoms with E-state index in [2.05, 4.69) is 20.3 Å². The number of thiazole rings is 1. The summed E-state index contributed by atoms with van der Waals surface area (Å²) in [5.74, 6) is 1.50. The Morgan fingerprint density at radius 2 is 2.00 bits per heavy atom. The molecule has 24 heavy (non-hydrogen) atoms. The maximum atomic E-state index is 4.72. The van der Waals surface area contributed by atoms with E-state index in [0.717, 1.165) is 28.0 Å². The van der Waals surface area contributed by atoms with E-state index in [4.69, 9.17) is 4.98 Å². The minimum Gasteiger partial charge on any atom is -0.364 e. The lowest BCUT2D eigenvalue weighted by atomic mass is 10.2. The predicted octanol–water partition coefficient (Wildman–Crippen LogP) is 4.07. The quantitative estimate of drug-likeness (QED) is 0.610. The van der Waals surface area contributed by atoms with E-state index in [1.54, 1.807) is 23.7 Å². The lowest BCUT2D eigenvalue weighted by molar-refractivity contribution is 1.09. The number of fused-ring (bicyclic) bond motifs is 1. The summed E-state index contributed by atoms with van der Waals surface area (Å²) in [6, 6.07) is 11.9. The van der Waals surface area contributed by atoms with Crippen LogP contribution in [0.2, 0.25) is 0 Å². The average molecular weight is 333 g/mol. The molecule has 4 aromatic rings. The molecule has 0 spiro atoms. The van der Waals surface area contributed by atoms with Crippen molar-refractivity contribution in [1.29, 1.82) is 0 Å². The second-order valence-corrected chi connectivity index (χ2v) is 6.31. The van der Waals surface area contributed by atoms with Crippen molar-refractivity contribution in [2.24, 2.45) is 0 Å². The van der Waals surface area contributed by atoms with Gasteiger partial charge in [-0.05, 0) is 31.2 Å². The molecular formula is C18H15N5S. The van der Waals surface area contributed by atoms with Crippen molar-refractivity contribution < 1.29 is 0 Å². The van der Waals surface area contributed by atoms with Gasteiger partial charge in [0.15, 0.2) is 5.82 Å². The fourth-order valence-electron chi connectivity index (χ4n) is 2.50. The molecule has 6 heteroatoms. The summed E-state index contributed by atoms with van der Waals surface area (Å²) in [7, 11) is 0. The van der Waals surface area contributed by atoms with Crippen LogP contribution in [0.4, 0.5) is 5.82 Å². The van der Waals surface area contributed by atoms with Gasteiger partial charge in [-0.1, -0.05) is 12.1 Å². The zero-order valence-corrected chi connectivity index (χ0v) is 13.9. The monoisotopic (exact) mass is 333 g/mol. The van der Waals surface area contributed by atoms with Crippen LogP contribution < -0.4 is 5.32 Å². The van der Waals surface area contributed by atoms with Crippen molar-refractivity contribution in [3.05, 3.63) is 64.9 Å². The number of aromatic nitrogens is 4. The highest BCUT2D eigenvalue weighted by atomic mass is 32.1. The summed E-state index contributed by atoms with van der Waals surface area (Å²) in [6.07, 6.45) is 3.53. The van der Waals surface area contributed by atoms with E-state index in [-0.39, 0.29) is 0 Å². The van der Waals surface area contributed by atoms with Crippen LogP contribution in [0, 0.1) is 6.92 Å². The molecule has 0 saturated carbocycles. The van der Waals surface area contributed by atoms with E-state index in [1.165, 1.54) is 4.88 Å². The van der Waals surface area contributed by atoms with Gasteiger partial charge in [0.2, 0.25) is 0 Å². The number of hydrogen-bond donors (Lipinski definition) is 1. The van der Waals surface area contributed by atoms with Crippen molar-refractivity contribution in [2.75, 3.05) is 5.32 Å². The first-order valence-electron chi connectivity index (χ1n) is 7.61. The molecule has 1 N–H and O–H groups in total. The molecule has 0 bridgehead atoms. The number of hydrogen-bond acceptors (Lipinski definition) is 6. The number of aryl methyl sites for hydroxylation is 1. The average Bonchev–Trinajstić information content (AvgIpc) is 3.05. The van der Waals surface area contributed by atoms with Crippen molar-refractivity contribution in [3.8, 4) is 11.4 Å². The van der Waals surface area contributed by atoms with Crippen LogP contribution in [-0.2, 0) is 6.54 Å². The van der Waals surface area contributed by atoms with Crippen LogP contribution in [0.3, 0.4) is 0 Å². The summed E-state index contributed by atoms with van der Waals surface area (Å²) in [5, 5.41) is 4.45. The Hall–Kier alpha value is -2.86. The molecule has 0 fully saturated rings. The first-order valence-corrected chi connectivity index (χ1v) is 8.49. The van der Waals surface area contributed by atoms with Crippen LogP contribution in [0.5, 0.6) is 0 Å². The Morgan fingerprint density at radius 1 is 1.08 bits per heavy atom. The topological polar surface area (TPSA) is 63.6 Å². The van der Waals surface area contributed by atoms with E-state index in [9.17, 15) is 0 Å². The molecular weight excluding hydrogens is 318 g/mol. The smallest absolute Gasteiger partial charge is 0.163 e. The van der Waals surface area contributed by atoms with Gasteiger partial charge in [0, 0.05) is 28.2 Å². The predicted molar refractivity (Wildman–Crippen MR) is 96.9 cm³/mol. The van der Waals surface area contributed by atoms with Gasteiger partial charge in [-0.25, -0.2) is 15.0 Å². The van der Waals surface area contributed by atoms with Crippen LogP contribution in [-0.4, -0.2) is 19.9 Å². The number of para-hydroxylation sites is 1. The molecule has 0 atom stereocenters. The summed E-state index contributed by atoms with van der Waals surface area (Å²) >= 11 is 1.65. The molecule has 0 aliphatic rings. The van der Waals surface area contributed by atoms with E-state index >= 15 is 0 Å². The van der Waals surface area contributed by atoms with Crippen molar-refractivity contribution in [2.45, 2.75) is 13.5 Å². The second-order valence-electron chi connectivity index (χ2n) is 5.37. The fraction of sp³-hybridized carbons (Fsp3) is 0.111. The van der Waals surface area contributed by atoms with Crippen molar-refractivity contribution in [3.63, 3.8) is 0 Å². The Balaban J connectivity index is 1.76. The highest BCUT2D eigenvalue weighted by molar-refractivity contribution is 7.09. The molecule has 5 nitrogen and oxygen atoms in total.